The van der Waals surface area contributed by atoms with Crippen LogP contribution in [0.3, 0.4) is 0 Å². The number of benzene rings is 2. The number of carbonyl (C=O) groups excluding carboxylic acids is 1. The first-order valence-electron chi connectivity index (χ1n) is 7.45. The van der Waals surface area contributed by atoms with Crippen LogP contribution in [0.1, 0.15) is 15.9 Å². The monoisotopic (exact) mass is 478 g/mol. The molecule has 7 nitrogen and oxygen atoms in total. The van der Waals surface area contributed by atoms with Crippen LogP contribution in [-0.4, -0.2) is 20.6 Å². The number of nitro benzene ring substituents is 1. The molecule has 0 fully saturated rings. The molecule has 1 N–H and O–H groups in total. The number of anilines is 1. The summed E-state index contributed by atoms with van der Waals surface area (Å²) in [6, 6.07) is 13.7. The van der Waals surface area contributed by atoms with E-state index < -0.39 is 10.8 Å². The lowest BCUT2D eigenvalue weighted by Gasteiger charge is -2.10. The van der Waals surface area contributed by atoms with Crippen molar-refractivity contribution in [2.45, 2.75) is 6.54 Å². The average Bonchev–Trinajstić information content (AvgIpc) is 3.01. The van der Waals surface area contributed by atoms with E-state index in [2.05, 4.69) is 42.3 Å². The minimum atomic E-state index is -0.543. The molecule has 132 valence electrons. The Morgan fingerprint density at radius 3 is 2.73 bits per heavy atom. The lowest BCUT2D eigenvalue weighted by Crippen LogP contribution is -2.16. The van der Waals surface area contributed by atoms with E-state index >= 15 is 0 Å². The third kappa shape index (κ3) is 4.17. The second kappa shape index (κ2) is 7.79. The Kier molecular flexibility index (Phi) is 5.48. The molecule has 1 amide bonds. The van der Waals surface area contributed by atoms with Crippen LogP contribution in [-0.2, 0) is 6.54 Å². The first-order chi connectivity index (χ1) is 12.4. The van der Waals surface area contributed by atoms with E-state index in [0.29, 0.717) is 16.8 Å². The summed E-state index contributed by atoms with van der Waals surface area (Å²) in [7, 11) is 0. The van der Waals surface area contributed by atoms with Gasteiger partial charge in [0.05, 0.1) is 22.1 Å². The number of nitrogens with one attached hydrogen (secondary N) is 1. The van der Waals surface area contributed by atoms with Crippen molar-refractivity contribution in [1.82, 2.24) is 9.78 Å². The molecule has 2 aromatic carbocycles. The third-order valence-corrected chi connectivity index (χ3v) is 4.75. The molecule has 3 aromatic rings. The van der Waals surface area contributed by atoms with Crippen LogP contribution in [0.2, 0.25) is 0 Å². The number of hydrogen-bond acceptors (Lipinski definition) is 4. The highest BCUT2D eigenvalue weighted by Crippen LogP contribution is 2.26. The van der Waals surface area contributed by atoms with Crippen molar-refractivity contribution < 1.29 is 9.72 Å². The van der Waals surface area contributed by atoms with Crippen molar-refractivity contribution in [2.75, 3.05) is 5.32 Å². The van der Waals surface area contributed by atoms with Crippen molar-refractivity contribution in [1.29, 1.82) is 0 Å². The molecule has 9 heteroatoms. The Balaban J connectivity index is 1.80. The standard InChI is InChI=1S/C17H12Br2N4O3/c18-13-3-1-2-11(8-13)10-22-16(6-7-20-22)21-17(24)12-4-5-14(19)15(9-12)23(25)26/h1-9H,10H2,(H,21,24). The molecule has 1 aromatic heterocycles. The lowest BCUT2D eigenvalue weighted by atomic mass is 10.2. The predicted octanol–water partition coefficient (Wildman–Crippen LogP) is 4.62. The van der Waals surface area contributed by atoms with Crippen molar-refractivity contribution >= 4 is 49.3 Å². The molecular formula is C17H12Br2N4O3. The molecule has 0 spiro atoms. The topological polar surface area (TPSA) is 90.1 Å². The highest BCUT2D eigenvalue weighted by Gasteiger charge is 2.17. The Morgan fingerprint density at radius 2 is 2.00 bits per heavy atom. The fraction of sp³-hybridized carbons (Fsp3) is 0.0588. The SMILES string of the molecule is O=C(Nc1ccnn1Cc1cccc(Br)c1)c1ccc(Br)c([N+](=O)[O-])c1. The first-order valence-corrected chi connectivity index (χ1v) is 9.04. The number of amides is 1. The van der Waals surface area contributed by atoms with E-state index in [-0.39, 0.29) is 11.3 Å². The first kappa shape index (κ1) is 18.3. The molecule has 0 unspecified atom stereocenters. The van der Waals surface area contributed by atoms with Gasteiger partial charge in [0, 0.05) is 22.2 Å². The molecule has 0 radical (unpaired) electrons. The average molecular weight is 480 g/mol. The van der Waals surface area contributed by atoms with Gasteiger partial charge in [0.2, 0.25) is 0 Å². The highest BCUT2D eigenvalue weighted by molar-refractivity contribution is 9.10. The highest BCUT2D eigenvalue weighted by atomic mass is 79.9. The van der Waals surface area contributed by atoms with Crippen molar-refractivity contribution in [3.63, 3.8) is 0 Å². The maximum atomic E-state index is 12.5. The summed E-state index contributed by atoms with van der Waals surface area (Å²) in [4.78, 5) is 22.9. The number of aromatic nitrogens is 2. The van der Waals surface area contributed by atoms with Gasteiger partial charge in [-0.3, -0.25) is 14.9 Å². The Bertz CT molecular complexity index is 988. The summed E-state index contributed by atoms with van der Waals surface area (Å²) in [5.74, 6) is 0.0529. The molecule has 0 saturated carbocycles. The van der Waals surface area contributed by atoms with Gasteiger partial charge in [0.25, 0.3) is 11.6 Å². The fourth-order valence-corrected chi connectivity index (χ4v) is 3.19. The fourth-order valence-electron chi connectivity index (χ4n) is 2.36. The van der Waals surface area contributed by atoms with Crippen molar-refractivity contribution in [2.24, 2.45) is 0 Å². The zero-order valence-electron chi connectivity index (χ0n) is 13.2. The van der Waals surface area contributed by atoms with Gasteiger partial charge in [0.15, 0.2) is 0 Å². The smallest absolute Gasteiger partial charge is 0.284 e. The van der Waals surface area contributed by atoms with Gasteiger partial charge >= 0.3 is 0 Å². The Hall–Kier alpha value is -2.52. The van der Waals surface area contributed by atoms with Gasteiger partial charge in [-0.2, -0.15) is 5.10 Å². The molecule has 26 heavy (non-hydrogen) atoms. The molecule has 0 atom stereocenters. The largest absolute Gasteiger partial charge is 0.307 e. The van der Waals surface area contributed by atoms with E-state index in [9.17, 15) is 14.9 Å². The summed E-state index contributed by atoms with van der Waals surface area (Å²) < 4.78 is 2.92. The molecule has 0 bridgehead atoms. The van der Waals surface area contributed by atoms with Crippen LogP contribution in [0.5, 0.6) is 0 Å². The quantitative estimate of drug-likeness (QED) is 0.427. The molecule has 1 heterocycles. The second-order valence-electron chi connectivity index (χ2n) is 5.38. The molecule has 0 aliphatic heterocycles. The van der Waals surface area contributed by atoms with E-state index in [0.717, 1.165) is 10.0 Å². The number of hydrogen-bond donors (Lipinski definition) is 1. The summed E-state index contributed by atoms with van der Waals surface area (Å²) in [6.45, 7) is 0.475. The van der Waals surface area contributed by atoms with Crippen LogP contribution in [0.25, 0.3) is 0 Å². The van der Waals surface area contributed by atoms with E-state index in [1.54, 1.807) is 16.9 Å². The number of rotatable bonds is 5. The molecule has 0 saturated heterocycles. The van der Waals surface area contributed by atoms with Crippen LogP contribution in [0.4, 0.5) is 11.5 Å². The van der Waals surface area contributed by atoms with Gasteiger partial charge in [-0.15, -0.1) is 0 Å². The van der Waals surface area contributed by atoms with E-state index in [1.807, 2.05) is 24.3 Å². The minimum absolute atomic E-state index is 0.166. The number of nitro groups is 1. The summed E-state index contributed by atoms with van der Waals surface area (Å²) in [5, 5.41) is 18.0. The number of carbonyl (C=O) groups is 1. The number of halogens is 2. The third-order valence-electron chi connectivity index (χ3n) is 3.58. The Labute approximate surface area is 165 Å². The summed E-state index contributed by atoms with van der Waals surface area (Å²) >= 11 is 6.53. The van der Waals surface area contributed by atoms with Crippen LogP contribution in [0.15, 0.2) is 63.7 Å². The maximum Gasteiger partial charge on any atom is 0.284 e. The van der Waals surface area contributed by atoms with Gasteiger partial charge < -0.3 is 5.32 Å². The van der Waals surface area contributed by atoms with Gasteiger partial charge in [-0.1, -0.05) is 28.1 Å². The second-order valence-corrected chi connectivity index (χ2v) is 7.15. The zero-order chi connectivity index (χ0) is 18.7. The lowest BCUT2D eigenvalue weighted by molar-refractivity contribution is -0.385. The van der Waals surface area contributed by atoms with Crippen molar-refractivity contribution in [3.8, 4) is 0 Å². The van der Waals surface area contributed by atoms with Crippen LogP contribution in [0, 0.1) is 10.1 Å². The van der Waals surface area contributed by atoms with E-state index in [4.69, 9.17) is 0 Å². The molecule has 0 aliphatic rings. The zero-order valence-corrected chi connectivity index (χ0v) is 16.4. The van der Waals surface area contributed by atoms with Crippen molar-refractivity contribution in [3.05, 3.63) is 84.9 Å². The molecule has 3 rings (SSSR count). The van der Waals surface area contributed by atoms with Crippen LogP contribution >= 0.6 is 31.9 Å². The minimum Gasteiger partial charge on any atom is -0.307 e. The Morgan fingerprint density at radius 1 is 1.19 bits per heavy atom. The predicted molar refractivity (Wildman–Crippen MR) is 104 cm³/mol. The van der Waals surface area contributed by atoms with Gasteiger partial charge in [0.1, 0.15) is 5.82 Å². The normalized spacial score (nSPS) is 10.5. The van der Waals surface area contributed by atoms with Gasteiger partial charge in [-0.25, -0.2) is 4.68 Å². The van der Waals surface area contributed by atoms with Crippen LogP contribution < -0.4 is 5.32 Å². The van der Waals surface area contributed by atoms with E-state index in [1.165, 1.54) is 18.2 Å². The van der Waals surface area contributed by atoms with Gasteiger partial charge in [-0.05, 0) is 45.8 Å². The molecule has 0 aliphatic carbocycles. The number of nitrogens with zero attached hydrogens (tertiary/aromatic N) is 3. The molecular weight excluding hydrogens is 468 g/mol. The summed E-state index contributed by atoms with van der Waals surface area (Å²) in [5.41, 5.74) is 1.04. The summed E-state index contributed by atoms with van der Waals surface area (Å²) in [6.07, 6.45) is 1.58. The maximum absolute atomic E-state index is 12.5.